The van der Waals surface area contributed by atoms with Gasteiger partial charge in [0.2, 0.25) is 0 Å². The minimum atomic E-state index is -3.95. The highest BCUT2D eigenvalue weighted by atomic mass is 32.2. The molecule has 3 aromatic rings. The Hall–Kier alpha value is -2.71. The first-order chi connectivity index (χ1) is 12.3. The fourth-order valence-corrected chi connectivity index (χ4v) is 4.69. The summed E-state index contributed by atoms with van der Waals surface area (Å²) in [6.45, 7) is 3.56. The Balaban J connectivity index is 2.03. The van der Waals surface area contributed by atoms with Crippen LogP contribution in [-0.2, 0) is 10.0 Å². The number of thiazole rings is 1. The van der Waals surface area contributed by atoms with Gasteiger partial charge in [-0.2, -0.15) is 0 Å². The maximum atomic E-state index is 12.7. The fraction of sp³-hybridized carbons (Fsp3) is 0.111. The molecule has 0 aliphatic rings. The lowest BCUT2D eigenvalue weighted by molar-refractivity contribution is 0.0703. The van der Waals surface area contributed by atoms with Crippen LogP contribution in [0.1, 0.15) is 20.8 Å². The molecule has 2 N–H and O–H groups in total. The smallest absolute Gasteiger partial charge is 0.349 e. The standard InChI is InChI=1S/C18H16N2O4S2/c1-11-8-9-14(12(2)10-11)26(23,24)20-16-15(18(21)22)25-17(19-16)13-6-4-3-5-7-13/h3-10,20H,1-2H3,(H,21,22). The lowest BCUT2D eigenvalue weighted by Crippen LogP contribution is -2.16. The van der Waals surface area contributed by atoms with Gasteiger partial charge < -0.3 is 5.11 Å². The summed E-state index contributed by atoms with van der Waals surface area (Å²) in [5.74, 6) is -1.41. The summed E-state index contributed by atoms with van der Waals surface area (Å²) in [7, 11) is -3.95. The zero-order valence-electron chi connectivity index (χ0n) is 14.1. The van der Waals surface area contributed by atoms with Gasteiger partial charge in [-0.25, -0.2) is 18.2 Å². The van der Waals surface area contributed by atoms with Gasteiger partial charge in [0.05, 0.1) is 4.90 Å². The molecule has 0 saturated heterocycles. The molecule has 2 aromatic carbocycles. The van der Waals surface area contributed by atoms with Crippen LogP contribution in [0, 0.1) is 13.8 Å². The van der Waals surface area contributed by atoms with Gasteiger partial charge in [-0.15, -0.1) is 11.3 Å². The lowest BCUT2D eigenvalue weighted by Gasteiger charge is -2.09. The number of rotatable bonds is 5. The van der Waals surface area contributed by atoms with Gasteiger partial charge >= 0.3 is 5.97 Å². The summed E-state index contributed by atoms with van der Waals surface area (Å²) in [5, 5.41) is 9.85. The van der Waals surface area contributed by atoms with Crippen molar-refractivity contribution >= 4 is 33.1 Å². The second-order valence-electron chi connectivity index (χ2n) is 5.74. The van der Waals surface area contributed by atoms with Gasteiger partial charge in [0.15, 0.2) is 10.7 Å². The summed E-state index contributed by atoms with van der Waals surface area (Å²) in [6, 6.07) is 13.9. The molecule has 1 heterocycles. The zero-order chi connectivity index (χ0) is 18.9. The van der Waals surface area contributed by atoms with Crippen molar-refractivity contribution in [3.63, 3.8) is 0 Å². The van der Waals surface area contributed by atoms with Crippen molar-refractivity contribution in [2.24, 2.45) is 0 Å². The number of carbonyl (C=O) groups is 1. The molecule has 0 bridgehead atoms. The van der Waals surface area contributed by atoms with Gasteiger partial charge in [-0.05, 0) is 25.5 Å². The summed E-state index contributed by atoms with van der Waals surface area (Å²) in [6.07, 6.45) is 0. The van der Waals surface area contributed by atoms with E-state index in [4.69, 9.17) is 0 Å². The number of carboxylic acids is 1. The van der Waals surface area contributed by atoms with Crippen LogP contribution in [0.25, 0.3) is 10.6 Å². The Morgan fingerprint density at radius 1 is 1.12 bits per heavy atom. The van der Waals surface area contributed by atoms with E-state index in [9.17, 15) is 18.3 Å². The van der Waals surface area contributed by atoms with Crippen molar-refractivity contribution in [3.05, 3.63) is 64.5 Å². The molecular formula is C18H16N2O4S2. The molecule has 3 rings (SSSR count). The monoisotopic (exact) mass is 388 g/mol. The highest BCUT2D eigenvalue weighted by Crippen LogP contribution is 2.32. The first-order valence-electron chi connectivity index (χ1n) is 7.67. The molecular weight excluding hydrogens is 372 g/mol. The zero-order valence-corrected chi connectivity index (χ0v) is 15.7. The summed E-state index contributed by atoms with van der Waals surface area (Å²) < 4.78 is 27.8. The summed E-state index contributed by atoms with van der Waals surface area (Å²) in [4.78, 5) is 15.7. The highest BCUT2D eigenvalue weighted by molar-refractivity contribution is 7.92. The van der Waals surface area contributed by atoms with Crippen molar-refractivity contribution in [2.75, 3.05) is 4.72 Å². The number of hydrogen-bond acceptors (Lipinski definition) is 5. The predicted molar refractivity (Wildman–Crippen MR) is 101 cm³/mol. The number of aromatic carboxylic acids is 1. The van der Waals surface area contributed by atoms with E-state index in [-0.39, 0.29) is 15.6 Å². The van der Waals surface area contributed by atoms with Gasteiger partial charge in [0.1, 0.15) is 5.01 Å². The molecule has 1 aromatic heterocycles. The van der Waals surface area contributed by atoms with E-state index in [2.05, 4.69) is 9.71 Å². The third-order valence-corrected chi connectivity index (χ3v) is 6.28. The fourth-order valence-electron chi connectivity index (χ4n) is 2.52. The number of aromatic nitrogens is 1. The van der Waals surface area contributed by atoms with E-state index >= 15 is 0 Å². The van der Waals surface area contributed by atoms with Crippen LogP contribution in [0.5, 0.6) is 0 Å². The number of anilines is 1. The minimum Gasteiger partial charge on any atom is -0.477 e. The van der Waals surface area contributed by atoms with E-state index in [1.807, 2.05) is 13.0 Å². The third kappa shape index (κ3) is 3.61. The first kappa shape index (κ1) is 18.1. The van der Waals surface area contributed by atoms with Gasteiger partial charge in [0.25, 0.3) is 10.0 Å². The molecule has 6 nitrogen and oxygen atoms in total. The lowest BCUT2D eigenvalue weighted by atomic mass is 10.2. The van der Waals surface area contributed by atoms with Crippen LogP contribution >= 0.6 is 11.3 Å². The van der Waals surface area contributed by atoms with Crippen LogP contribution in [0.4, 0.5) is 5.82 Å². The molecule has 8 heteroatoms. The highest BCUT2D eigenvalue weighted by Gasteiger charge is 2.24. The maximum Gasteiger partial charge on any atom is 0.349 e. The molecule has 0 radical (unpaired) electrons. The quantitative estimate of drug-likeness (QED) is 0.690. The molecule has 134 valence electrons. The maximum absolute atomic E-state index is 12.7. The number of sulfonamides is 1. The number of aryl methyl sites for hydroxylation is 2. The van der Waals surface area contributed by atoms with E-state index in [1.165, 1.54) is 6.07 Å². The van der Waals surface area contributed by atoms with E-state index in [0.29, 0.717) is 10.6 Å². The molecule has 0 atom stereocenters. The number of hydrogen-bond donors (Lipinski definition) is 2. The van der Waals surface area contributed by atoms with Crippen molar-refractivity contribution in [1.29, 1.82) is 0 Å². The number of benzene rings is 2. The topological polar surface area (TPSA) is 96.4 Å². The second kappa shape index (κ2) is 6.89. The van der Waals surface area contributed by atoms with Crippen molar-refractivity contribution in [3.8, 4) is 10.6 Å². The molecule has 0 fully saturated rings. The first-order valence-corrected chi connectivity index (χ1v) is 9.97. The average Bonchev–Trinajstić information content (AvgIpc) is 2.98. The molecule has 0 spiro atoms. The van der Waals surface area contributed by atoms with Crippen molar-refractivity contribution in [1.82, 2.24) is 4.98 Å². The van der Waals surface area contributed by atoms with Gasteiger partial charge in [0, 0.05) is 5.56 Å². The Kier molecular flexibility index (Phi) is 4.80. The van der Waals surface area contributed by atoms with E-state index in [1.54, 1.807) is 43.3 Å². The Labute approximate surface area is 155 Å². The molecule has 0 saturated carbocycles. The molecule has 0 amide bonds. The van der Waals surface area contributed by atoms with E-state index in [0.717, 1.165) is 22.5 Å². The molecule has 0 aliphatic carbocycles. The Morgan fingerprint density at radius 2 is 1.81 bits per heavy atom. The molecule has 26 heavy (non-hydrogen) atoms. The summed E-state index contributed by atoms with van der Waals surface area (Å²) >= 11 is 0.926. The SMILES string of the molecule is Cc1ccc(S(=O)(=O)Nc2nc(-c3ccccc3)sc2C(=O)O)c(C)c1. The third-order valence-electron chi connectivity index (χ3n) is 3.69. The van der Waals surface area contributed by atoms with E-state index < -0.39 is 16.0 Å². The number of carboxylic acid groups (broad SMARTS) is 1. The Bertz CT molecular complexity index is 1070. The summed E-state index contributed by atoms with van der Waals surface area (Å²) in [5.41, 5.74) is 2.23. The minimum absolute atomic E-state index is 0.0914. The normalized spacial score (nSPS) is 11.3. The Morgan fingerprint density at radius 3 is 2.42 bits per heavy atom. The average molecular weight is 388 g/mol. The number of nitrogens with one attached hydrogen (secondary N) is 1. The van der Waals surface area contributed by atoms with Crippen LogP contribution in [0.3, 0.4) is 0 Å². The largest absolute Gasteiger partial charge is 0.477 e. The van der Waals surface area contributed by atoms with Crippen molar-refractivity contribution in [2.45, 2.75) is 18.7 Å². The molecule has 0 aliphatic heterocycles. The van der Waals surface area contributed by atoms with Crippen LogP contribution < -0.4 is 4.72 Å². The second-order valence-corrected chi connectivity index (χ2v) is 8.39. The van der Waals surface area contributed by atoms with Gasteiger partial charge in [-0.1, -0.05) is 48.0 Å². The van der Waals surface area contributed by atoms with Crippen LogP contribution in [-0.4, -0.2) is 24.5 Å². The van der Waals surface area contributed by atoms with Crippen LogP contribution in [0.15, 0.2) is 53.4 Å². The van der Waals surface area contributed by atoms with Crippen LogP contribution in [0.2, 0.25) is 0 Å². The number of nitrogens with zero attached hydrogens (tertiary/aromatic N) is 1. The molecule has 0 unspecified atom stereocenters. The van der Waals surface area contributed by atoms with Gasteiger partial charge in [-0.3, -0.25) is 4.72 Å². The predicted octanol–water partition coefficient (Wildman–Crippen LogP) is 3.93. The van der Waals surface area contributed by atoms with Crippen molar-refractivity contribution < 1.29 is 18.3 Å².